The van der Waals surface area contributed by atoms with E-state index in [4.69, 9.17) is 5.73 Å². The van der Waals surface area contributed by atoms with E-state index in [9.17, 15) is 39.9 Å². The number of carbonyl (C=O) groups excluding carboxylic acids is 3. The zero-order chi connectivity index (χ0) is 25.4. The average molecular weight is 485 g/mol. The summed E-state index contributed by atoms with van der Waals surface area (Å²) < 4.78 is 0. The van der Waals surface area contributed by atoms with Crippen molar-refractivity contribution in [3.05, 3.63) is 40.2 Å². The van der Waals surface area contributed by atoms with Crippen LogP contribution in [0.3, 0.4) is 0 Å². The van der Waals surface area contributed by atoms with Crippen molar-refractivity contribution < 1.29 is 39.9 Å². The van der Waals surface area contributed by atoms with Crippen LogP contribution in [-0.4, -0.2) is 60.8 Å². The number of hydrogen-bond acceptors (Lipinski definition) is 9. The highest BCUT2D eigenvalue weighted by molar-refractivity contribution is 6.23. The lowest BCUT2D eigenvalue weighted by Crippen LogP contribution is -2.63. The number of nitrogens with one attached hydrogen (secondary N) is 1. The van der Waals surface area contributed by atoms with Gasteiger partial charge in [0.05, 0.1) is 17.4 Å². The van der Waals surface area contributed by atoms with Gasteiger partial charge in [-0.3, -0.25) is 14.4 Å². The van der Waals surface area contributed by atoms with Gasteiger partial charge in [-0.15, -0.1) is 0 Å². The number of aliphatic hydroxyl groups excluding tert-OH is 3. The third kappa shape index (κ3) is 3.06. The van der Waals surface area contributed by atoms with E-state index in [0.717, 1.165) is 25.7 Å². The molecule has 4 aliphatic carbocycles. The number of primary amides is 1. The number of benzene rings is 1. The van der Waals surface area contributed by atoms with Gasteiger partial charge in [0.25, 0.3) is 5.91 Å². The number of aliphatic hydroxyl groups is 4. The molecular weight excluding hydrogens is 456 g/mol. The van der Waals surface area contributed by atoms with Gasteiger partial charge in [-0.1, -0.05) is 25.8 Å². The summed E-state index contributed by atoms with van der Waals surface area (Å²) in [5.41, 5.74) is 1.95. The van der Waals surface area contributed by atoms with E-state index >= 15 is 0 Å². The molecule has 0 radical (unpaired) electrons. The molecule has 0 spiro atoms. The Morgan fingerprint density at radius 1 is 1.14 bits per heavy atom. The predicted octanol–water partition coefficient (Wildman–Crippen LogP) is 1.31. The second kappa shape index (κ2) is 7.82. The molecule has 186 valence electrons. The van der Waals surface area contributed by atoms with Gasteiger partial charge >= 0.3 is 0 Å². The van der Waals surface area contributed by atoms with Gasteiger partial charge in [0.2, 0.25) is 5.78 Å². The first-order valence-corrected chi connectivity index (χ1v) is 11.8. The van der Waals surface area contributed by atoms with Crippen molar-refractivity contribution in [2.75, 3.05) is 5.32 Å². The topological polar surface area (TPSA) is 190 Å². The molecule has 10 nitrogen and oxygen atoms in total. The molecule has 10 heteroatoms. The Morgan fingerprint density at radius 2 is 1.80 bits per heavy atom. The molecule has 35 heavy (non-hydrogen) atoms. The molecule has 5 unspecified atom stereocenters. The van der Waals surface area contributed by atoms with Crippen LogP contribution in [0.5, 0.6) is 5.75 Å². The highest BCUT2D eigenvalue weighted by Gasteiger charge is 2.64. The van der Waals surface area contributed by atoms with Crippen LogP contribution in [0, 0.1) is 11.8 Å². The molecular formula is C25H28N2O8. The van der Waals surface area contributed by atoms with Crippen molar-refractivity contribution in [2.24, 2.45) is 17.6 Å². The molecule has 0 aromatic heterocycles. The molecule has 1 amide bonds. The molecule has 2 fully saturated rings. The van der Waals surface area contributed by atoms with Crippen molar-refractivity contribution >= 4 is 28.9 Å². The van der Waals surface area contributed by atoms with Gasteiger partial charge in [0.15, 0.2) is 11.4 Å². The average Bonchev–Trinajstić information content (AvgIpc) is 3.31. The van der Waals surface area contributed by atoms with Crippen molar-refractivity contribution in [1.82, 2.24) is 0 Å². The SMILES string of the molecule is CC1c2ccc(NC3CCCC3)c(O)c2C(O)=C2C(=O)C3(O)C(O)=C(C(N)=O)C(=O)CC3C(O)C21. The monoisotopic (exact) mass is 484 g/mol. The highest BCUT2D eigenvalue weighted by Crippen LogP contribution is 2.56. The second-order valence-corrected chi connectivity index (χ2v) is 10.0. The number of carbonyl (C=O) groups is 3. The zero-order valence-corrected chi connectivity index (χ0v) is 19.1. The van der Waals surface area contributed by atoms with Crippen LogP contribution in [0.2, 0.25) is 0 Å². The number of aromatic hydroxyl groups is 1. The Labute approximate surface area is 200 Å². The van der Waals surface area contributed by atoms with E-state index in [1.165, 1.54) is 0 Å². The number of fused-ring (bicyclic) bond motifs is 3. The Balaban J connectivity index is 1.68. The van der Waals surface area contributed by atoms with Gasteiger partial charge in [0.1, 0.15) is 22.8 Å². The molecule has 0 aliphatic heterocycles. The Morgan fingerprint density at radius 3 is 2.43 bits per heavy atom. The Kier molecular flexibility index (Phi) is 5.22. The van der Waals surface area contributed by atoms with E-state index in [2.05, 4.69) is 5.32 Å². The summed E-state index contributed by atoms with van der Waals surface area (Å²) in [6, 6.07) is 3.56. The van der Waals surface area contributed by atoms with Crippen LogP contribution in [0.15, 0.2) is 29.0 Å². The minimum Gasteiger partial charge on any atom is -0.508 e. The smallest absolute Gasteiger partial charge is 0.255 e. The summed E-state index contributed by atoms with van der Waals surface area (Å²) >= 11 is 0. The fraction of sp³-hybridized carbons (Fsp3) is 0.480. The van der Waals surface area contributed by atoms with Crippen LogP contribution in [0.25, 0.3) is 5.76 Å². The van der Waals surface area contributed by atoms with Gasteiger partial charge in [-0.2, -0.15) is 0 Å². The van der Waals surface area contributed by atoms with Gasteiger partial charge in [0, 0.05) is 29.9 Å². The predicted molar refractivity (Wildman–Crippen MR) is 123 cm³/mol. The lowest BCUT2D eigenvalue weighted by Gasteiger charge is -2.50. The Bertz CT molecular complexity index is 1230. The second-order valence-electron chi connectivity index (χ2n) is 10.0. The zero-order valence-electron chi connectivity index (χ0n) is 19.1. The van der Waals surface area contributed by atoms with E-state index in [1.807, 2.05) is 0 Å². The molecule has 0 saturated heterocycles. The maximum atomic E-state index is 13.7. The van der Waals surface area contributed by atoms with Crippen LogP contribution >= 0.6 is 0 Å². The number of phenolic OH excluding ortho intramolecular Hbond substituents is 1. The molecule has 5 rings (SSSR count). The first-order valence-electron chi connectivity index (χ1n) is 11.8. The first-order chi connectivity index (χ1) is 16.5. The molecule has 4 aliphatic rings. The van der Waals surface area contributed by atoms with Crippen LogP contribution in [-0.2, 0) is 14.4 Å². The number of Topliss-reactive ketones (excluding diaryl/α,β-unsaturated/α-hetero) is 2. The van der Waals surface area contributed by atoms with E-state index in [-0.39, 0.29) is 22.9 Å². The summed E-state index contributed by atoms with van der Waals surface area (Å²) in [6.45, 7) is 1.70. The van der Waals surface area contributed by atoms with Crippen molar-refractivity contribution in [2.45, 2.75) is 62.7 Å². The summed E-state index contributed by atoms with van der Waals surface area (Å²) in [6.07, 6.45) is 1.89. The maximum Gasteiger partial charge on any atom is 0.255 e. The summed E-state index contributed by atoms with van der Waals surface area (Å²) in [4.78, 5) is 37.9. The molecule has 8 N–H and O–H groups in total. The maximum absolute atomic E-state index is 13.7. The van der Waals surface area contributed by atoms with Crippen molar-refractivity contribution in [3.8, 4) is 5.75 Å². The molecule has 0 bridgehead atoms. The van der Waals surface area contributed by atoms with E-state index in [1.54, 1.807) is 19.1 Å². The fourth-order valence-electron chi connectivity index (χ4n) is 6.40. The summed E-state index contributed by atoms with van der Waals surface area (Å²) in [5, 5.41) is 58.8. The number of rotatable bonds is 3. The number of phenols is 1. The minimum absolute atomic E-state index is 0.000160. The lowest BCUT2D eigenvalue weighted by molar-refractivity contribution is -0.160. The number of nitrogens with two attached hydrogens (primary N) is 1. The first kappa shape index (κ1) is 23.4. The number of ketones is 2. The third-order valence-electron chi connectivity index (χ3n) is 8.22. The molecule has 1 aromatic rings. The largest absolute Gasteiger partial charge is 0.508 e. The molecule has 5 atom stereocenters. The van der Waals surface area contributed by atoms with Gasteiger partial charge < -0.3 is 36.6 Å². The van der Waals surface area contributed by atoms with Crippen LogP contribution in [0.1, 0.15) is 56.1 Å². The van der Waals surface area contributed by atoms with Gasteiger partial charge in [-0.05, 0) is 30.4 Å². The number of amides is 1. The minimum atomic E-state index is -2.83. The van der Waals surface area contributed by atoms with Crippen LogP contribution in [0.4, 0.5) is 5.69 Å². The number of anilines is 1. The molecule has 0 heterocycles. The Hall–Kier alpha value is -3.37. The normalized spacial score (nSPS) is 32.9. The molecule has 1 aromatic carbocycles. The quantitative estimate of drug-likeness (QED) is 0.245. The number of hydrogen-bond donors (Lipinski definition) is 7. The molecule has 2 saturated carbocycles. The standard InChI is InChI=1S/C25H28N2O8/c1-9-11-6-7-13(27-10-4-2-3-5-10)20(30)16(11)21(31)18-15(9)19(29)12-8-14(28)17(24(26)34)22(32)25(12,35)23(18)33/h6-7,9-10,12,15,19,27,29-32,35H,2-5,8H2,1H3,(H2,26,34). The van der Waals surface area contributed by atoms with Crippen molar-refractivity contribution in [1.29, 1.82) is 0 Å². The summed E-state index contributed by atoms with van der Waals surface area (Å²) in [5.74, 6) is -8.54. The van der Waals surface area contributed by atoms with E-state index < -0.39 is 70.4 Å². The fourth-order valence-corrected chi connectivity index (χ4v) is 6.40. The third-order valence-corrected chi connectivity index (χ3v) is 8.22. The lowest BCUT2D eigenvalue weighted by atomic mass is 9.55. The highest BCUT2D eigenvalue weighted by atomic mass is 16.4. The van der Waals surface area contributed by atoms with Crippen LogP contribution < -0.4 is 11.1 Å². The van der Waals surface area contributed by atoms with Crippen molar-refractivity contribution in [3.63, 3.8) is 0 Å². The van der Waals surface area contributed by atoms with E-state index in [0.29, 0.717) is 11.3 Å². The summed E-state index contributed by atoms with van der Waals surface area (Å²) in [7, 11) is 0. The van der Waals surface area contributed by atoms with Gasteiger partial charge in [-0.25, -0.2) is 0 Å².